The van der Waals surface area contributed by atoms with Crippen LogP contribution in [-0.4, -0.2) is 25.7 Å². The van der Waals surface area contributed by atoms with Gasteiger partial charge < -0.3 is 5.11 Å². The molecular formula is C10H13Br2NO3S2. The van der Waals surface area contributed by atoms with Gasteiger partial charge in [-0.25, -0.2) is 13.1 Å². The van der Waals surface area contributed by atoms with Crippen molar-refractivity contribution in [3.8, 4) is 0 Å². The first-order valence-electron chi connectivity index (χ1n) is 5.55. The Balaban J connectivity index is 2.19. The van der Waals surface area contributed by atoms with Crippen LogP contribution in [0.25, 0.3) is 0 Å². The van der Waals surface area contributed by atoms with Gasteiger partial charge in [0.05, 0.1) is 13.7 Å². The van der Waals surface area contributed by atoms with E-state index < -0.39 is 16.1 Å². The van der Waals surface area contributed by atoms with Gasteiger partial charge in [-0.15, -0.1) is 11.3 Å². The Labute approximate surface area is 127 Å². The van der Waals surface area contributed by atoms with E-state index in [0.717, 1.165) is 16.6 Å². The first-order valence-corrected chi connectivity index (χ1v) is 9.44. The predicted molar refractivity (Wildman–Crippen MR) is 78.3 cm³/mol. The fourth-order valence-corrected chi connectivity index (χ4v) is 7.14. The molecule has 0 radical (unpaired) electrons. The summed E-state index contributed by atoms with van der Waals surface area (Å²) in [6.07, 6.45) is 2.64. The van der Waals surface area contributed by atoms with Crippen LogP contribution in [0, 0.1) is 0 Å². The molecule has 2 N–H and O–H groups in total. The highest BCUT2D eigenvalue weighted by atomic mass is 79.9. The van der Waals surface area contributed by atoms with Crippen LogP contribution in [0.5, 0.6) is 0 Å². The second-order valence-electron chi connectivity index (χ2n) is 4.27. The van der Waals surface area contributed by atoms with Crippen LogP contribution < -0.4 is 4.72 Å². The van der Waals surface area contributed by atoms with Crippen molar-refractivity contribution >= 4 is 53.2 Å². The zero-order valence-corrected chi connectivity index (χ0v) is 14.2. The zero-order chi connectivity index (χ0) is 13.3. The molecule has 4 nitrogen and oxygen atoms in total. The minimum absolute atomic E-state index is 0.220. The van der Waals surface area contributed by atoms with Crippen molar-refractivity contribution in [2.75, 3.05) is 0 Å². The van der Waals surface area contributed by atoms with Crippen LogP contribution in [-0.2, 0) is 10.0 Å². The van der Waals surface area contributed by atoms with Crippen molar-refractivity contribution in [3.05, 3.63) is 13.6 Å². The fourth-order valence-electron chi connectivity index (χ4n) is 2.02. The molecule has 1 heterocycles. The molecule has 0 bridgehead atoms. The molecule has 0 aliphatic heterocycles. The molecule has 2 rings (SSSR count). The smallest absolute Gasteiger partial charge is 0.242 e. The highest BCUT2D eigenvalue weighted by molar-refractivity contribution is 9.12. The van der Waals surface area contributed by atoms with Crippen molar-refractivity contribution in [2.45, 2.75) is 42.7 Å². The average Bonchev–Trinajstić information content (AvgIpc) is 2.62. The number of sulfonamides is 1. The first kappa shape index (κ1) is 14.9. The lowest BCUT2D eigenvalue weighted by atomic mass is 9.93. The van der Waals surface area contributed by atoms with Crippen molar-refractivity contribution in [1.29, 1.82) is 0 Å². The van der Waals surface area contributed by atoms with Crippen LogP contribution in [0.2, 0.25) is 0 Å². The summed E-state index contributed by atoms with van der Waals surface area (Å²) in [5.74, 6) is 0. The van der Waals surface area contributed by atoms with Crippen LogP contribution in [0.3, 0.4) is 0 Å². The lowest BCUT2D eigenvalue weighted by Crippen LogP contribution is -2.44. The SMILES string of the molecule is O=S(=O)(N[C@H]1CCCC[C@@H]1O)c1cc(Br)sc1Br. The van der Waals surface area contributed by atoms with Crippen molar-refractivity contribution in [1.82, 2.24) is 4.72 Å². The third-order valence-electron chi connectivity index (χ3n) is 2.95. The Morgan fingerprint density at radius 3 is 2.56 bits per heavy atom. The topological polar surface area (TPSA) is 66.4 Å². The summed E-state index contributed by atoms with van der Waals surface area (Å²) in [7, 11) is -3.58. The standard InChI is InChI=1S/C10H13Br2NO3S2/c11-9-5-8(10(12)17-9)18(15,16)13-6-3-1-2-4-7(6)14/h5-7,13-14H,1-4H2/t6-,7-/m0/s1. The second-order valence-corrected chi connectivity index (χ2v) is 9.70. The van der Waals surface area contributed by atoms with Gasteiger partial charge in [-0.05, 0) is 50.8 Å². The summed E-state index contributed by atoms with van der Waals surface area (Å²) < 4.78 is 28.3. The number of rotatable bonds is 3. The molecule has 1 fully saturated rings. The zero-order valence-electron chi connectivity index (χ0n) is 9.40. The highest BCUT2D eigenvalue weighted by Gasteiger charge is 2.29. The van der Waals surface area contributed by atoms with E-state index in [9.17, 15) is 13.5 Å². The van der Waals surface area contributed by atoms with Gasteiger partial charge in [0.15, 0.2) is 0 Å². The maximum atomic E-state index is 12.2. The lowest BCUT2D eigenvalue weighted by Gasteiger charge is -2.27. The van der Waals surface area contributed by atoms with Gasteiger partial charge in [0.1, 0.15) is 4.90 Å². The van der Waals surface area contributed by atoms with Gasteiger partial charge in [0, 0.05) is 6.04 Å². The van der Waals surface area contributed by atoms with E-state index in [1.54, 1.807) is 6.07 Å². The summed E-state index contributed by atoms with van der Waals surface area (Å²) in [6, 6.07) is 1.18. The molecule has 1 aliphatic rings. The number of thiophene rings is 1. The minimum atomic E-state index is -3.58. The molecule has 0 saturated heterocycles. The fraction of sp³-hybridized carbons (Fsp3) is 0.600. The van der Waals surface area contributed by atoms with Gasteiger partial charge in [0.2, 0.25) is 10.0 Å². The third kappa shape index (κ3) is 3.34. The third-order valence-corrected chi connectivity index (χ3v) is 7.20. The highest BCUT2D eigenvalue weighted by Crippen LogP contribution is 2.35. The number of halogens is 2. The molecule has 0 amide bonds. The molecule has 2 atom stereocenters. The Morgan fingerprint density at radius 2 is 2.00 bits per heavy atom. The molecule has 8 heteroatoms. The molecule has 18 heavy (non-hydrogen) atoms. The summed E-state index contributed by atoms with van der Waals surface area (Å²) in [5, 5.41) is 9.81. The molecule has 1 aliphatic carbocycles. The Hall–Kier alpha value is 0.530. The minimum Gasteiger partial charge on any atom is -0.391 e. The number of hydrogen-bond acceptors (Lipinski definition) is 4. The predicted octanol–water partition coefficient (Wildman–Crippen LogP) is 2.85. The van der Waals surface area contributed by atoms with Crippen molar-refractivity contribution in [2.24, 2.45) is 0 Å². The van der Waals surface area contributed by atoms with Crippen LogP contribution in [0.15, 0.2) is 18.5 Å². The van der Waals surface area contributed by atoms with Gasteiger partial charge >= 0.3 is 0 Å². The molecule has 102 valence electrons. The van der Waals surface area contributed by atoms with Gasteiger partial charge in [-0.3, -0.25) is 0 Å². The number of aliphatic hydroxyl groups is 1. The Morgan fingerprint density at radius 1 is 1.33 bits per heavy atom. The lowest BCUT2D eigenvalue weighted by molar-refractivity contribution is 0.101. The average molecular weight is 419 g/mol. The van der Waals surface area contributed by atoms with Crippen LogP contribution >= 0.6 is 43.2 Å². The van der Waals surface area contributed by atoms with Gasteiger partial charge in [-0.2, -0.15) is 0 Å². The number of hydrogen-bond donors (Lipinski definition) is 2. The maximum Gasteiger partial charge on any atom is 0.242 e. The van der Waals surface area contributed by atoms with Gasteiger partial charge in [-0.1, -0.05) is 12.8 Å². The second kappa shape index (κ2) is 5.88. The first-order chi connectivity index (χ1) is 8.40. The molecular weight excluding hydrogens is 406 g/mol. The number of aliphatic hydroxyl groups excluding tert-OH is 1. The normalized spacial score (nSPS) is 25.3. The van der Waals surface area contributed by atoms with Crippen LogP contribution in [0.4, 0.5) is 0 Å². The summed E-state index contributed by atoms with van der Waals surface area (Å²) >= 11 is 7.81. The van der Waals surface area contributed by atoms with Crippen molar-refractivity contribution in [3.63, 3.8) is 0 Å². The number of nitrogens with one attached hydrogen (secondary N) is 1. The molecule has 1 aromatic rings. The van der Waals surface area contributed by atoms with E-state index in [1.165, 1.54) is 11.3 Å². The van der Waals surface area contributed by atoms with E-state index in [-0.39, 0.29) is 10.9 Å². The van der Waals surface area contributed by atoms with E-state index in [2.05, 4.69) is 36.6 Å². The molecule has 0 spiro atoms. The van der Waals surface area contributed by atoms with E-state index in [1.807, 2.05) is 0 Å². The van der Waals surface area contributed by atoms with E-state index in [0.29, 0.717) is 16.6 Å². The summed E-state index contributed by atoms with van der Waals surface area (Å²) in [6.45, 7) is 0. The van der Waals surface area contributed by atoms with Gasteiger partial charge in [0.25, 0.3) is 0 Å². The largest absolute Gasteiger partial charge is 0.391 e. The quantitative estimate of drug-likeness (QED) is 0.792. The van der Waals surface area contributed by atoms with E-state index in [4.69, 9.17) is 0 Å². The molecule has 1 aromatic heterocycles. The Kier molecular flexibility index (Phi) is 4.88. The van der Waals surface area contributed by atoms with Crippen molar-refractivity contribution < 1.29 is 13.5 Å². The monoisotopic (exact) mass is 417 g/mol. The maximum absolute atomic E-state index is 12.2. The Bertz CT molecular complexity index is 529. The molecule has 0 aromatic carbocycles. The van der Waals surface area contributed by atoms with E-state index >= 15 is 0 Å². The summed E-state index contributed by atoms with van der Waals surface area (Å²) in [5.41, 5.74) is 0. The van der Waals surface area contributed by atoms with Crippen LogP contribution in [0.1, 0.15) is 25.7 Å². The molecule has 1 saturated carbocycles. The summed E-state index contributed by atoms with van der Waals surface area (Å²) in [4.78, 5) is 0.220. The molecule has 0 unspecified atom stereocenters.